The van der Waals surface area contributed by atoms with Crippen LogP contribution in [0.3, 0.4) is 0 Å². The molecular weight excluding hydrogens is 366 g/mol. The van der Waals surface area contributed by atoms with E-state index in [4.69, 9.17) is 9.84 Å². The van der Waals surface area contributed by atoms with Crippen LogP contribution >= 0.6 is 0 Å². The Bertz CT molecular complexity index is 1020. The van der Waals surface area contributed by atoms with Crippen molar-refractivity contribution in [1.29, 1.82) is 0 Å². The number of carboxylic acid groups (broad SMARTS) is 1. The lowest BCUT2D eigenvalue weighted by atomic mass is 10.1. The van der Waals surface area contributed by atoms with Crippen LogP contribution in [0.4, 0.5) is 0 Å². The molecule has 0 aliphatic carbocycles. The molecule has 0 bridgehead atoms. The molecule has 0 amide bonds. The third kappa shape index (κ3) is 4.86. The zero-order valence-corrected chi connectivity index (χ0v) is 17.1. The number of hydrogen-bond donors (Lipinski definition) is 1. The molecule has 3 aromatic rings. The van der Waals surface area contributed by atoms with Gasteiger partial charge >= 0.3 is 5.97 Å². The molecule has 0 fully saturated rings. The van der Waals surface area contributed by atoms with E-state index in [2.05, 4.69) is 13.8 Å². The molecule has 152 valence electrons. The predicted molar refractivity (Wildman–Crippen MR) is 114 cm³/mol. The van der Waals surface area contributed by atoms with Crippen LogP contribution in [-0.4, -0.2) is 28.2 Å². The molecular formula is C24H27NO4. The van der Waals surface area contributed by atoms with Crippen molar-refractivity contribution in [2.45, 2.75) is 40.0 Å². The Morgan fingerprint density at radius 2 is 1.83 bits per heavy atom. The number of hydrogen-bond acceptors (Lipinski definition) is 3. The molecule has 1 heterocycles. The highest BCUT2D eigenvalue weighted by molar-refractivity contribution is 6.04. The van der Waals surface area contributed by atoms with Crippen molar-refractivity contribution >= 4 is 22.8 Å². The first-order valence-electron chi connectivity index (χ1n) is 9.96. The summed E-state index contributed by atoms with van der Waals surface area (Å²) in [5.74, 6) is 0.381. The van der Waals surface area contributed by atoms with Crippen molar-refractivity contribution < 1.29 is 19.4 Å². The number of benzene rings is 2. The zero-order valence-electron chi connectivity index (χ0n) is 17.1. The van der Waals surface area contributed by atoms with E-state index in [1.807, 2.05) is 31.2 Å². The third-order valence-corrected chi connectivity index (χ3v) is 4.96. The van der Waals surface area contributed by atoms with Crippen molar-refractivity contribution in [3.8, 4) is 5.75 Å². The molecule has 0 aliphatic heterocycles. The first kappa shape index (κ1) is 20.6. The SMILES string of the molecule is Cc1cc2c(CC(=O)O)cccc2n1C(=O)c1ccc(OCCCC(C)C)cc1. The van der Waals surface area contributed by atoms with E-state index in [0.717, 1.165) is 35.2 Å². The molecule has 5 heteroatoms. The van der Waals surface area contributed by atoms with Crippen LogP contribution in [0.5, 0.6) is 5.75 Å². The maximum Gasteiger partial charge on any atom is 0.307 e. The third-order valence-electron chi connectivity index (χ3n) is 4.96. The number of carboxylic acids is 1. The fourth-order valence-corrected chi connectivity index (χ4v) is 3.52. The van der Waals surface area contributed by atoms with E-state index >= 15 is 0 Å². The topological polar surface area (TPSA) is 68.5 Å². The minimum Gasteiger partial charge on any atom is -0.494 e. The molecule has 2 aromatic carbocycles. The van der Waals surface area contributed by atoms with Crippen molar-refractivity contribution in [2.75, 3.05) is 6.61 Å². The first-order valence-corrected chi connectivity index (χ1v) is 9.96. The number of fused-ring (bicyclic) bond motifs is 1. The lowest BCUT2D eigenvalue weighted by Crippen LogP contribution is -2.13. The van der Waals surface area contributed by atoms with Crippen molar-refractivity contribution in [3.63, 3.8) is 0 Å². The summed E-state index contributed by atoms with van der Waals surface area (Å²) in [6, 6.07) is 14.5. The van der Waals surface area contributed by atoms with Crippen LogP contribution in [0.2, 0.25) is 0 Å². The number of carbonyl (C=O) groups excluding carboxylic acids is 1. The first-order chi connectivity index (χ1) is 13.9. The van der Waals surface area contributed by atoms with Crippen LogP contribution in [0.1, 0.15) is 48.3 Å². The molecule has 1 N–H and O–H groups in total. The van der Waals surface area contributed by atoms with E-state index in [1.54, 1.807) is 28.8 Å². The van der Waals surface area contributed by atoms with E-state index < -0.39 is 5.97 Å². The number of aromatic nitrogens is 1. The number of rotatable bonds is 8. The lowest BCUT2D eigenvalue weighted by Gasteiger charge is -2.10. The summed E-state index contributed by atoms with van der Waals surface area (Å²) in [5, 5.41) is 9.93. The molecule has 29 heavy (non-hydrogen) atoms. The van der Waals surface area contributed by atoms with Gasteiger partial charge < -0.3 is 9.84 Å². The Kier molecular flexibility index (Phi) is 6.37. The Balaban J connectivity index is 1.80. The van der Waals surface area contributed by atoms with Gasteiger partial charge in [0.15, 0.2) is 0 Å². The van der Waals surface area contributed by atoms with Gasteiger partial charge in [-0.05, 0) is 67.6 Å². The largest absolute Gasteiger partial charge is 0.494 e. The maximum absolute atomic E-state index is 13.1. The number of aliphatic carboxylic acids is 1. The Morgan fingerprint density at radius 3 is 2.48 bits per heavy atom. The number of ether oxygens (including phenoxy) is 1. The molecule has 5 nitrogen and oxygen atoms in total. The van der Waals surface area contributed by atoms with E-state index in [1.165, 1.54) is 0 Å². The van der Waals surface area contributed by atoms with Gasteiger partial charge in [0.2, 0.25) is 0 Å². The van der Waals surface area contributed by atoms with Gasteiger partial charge in [0.05, 0.1) is 18.5 Å². The summed E-state index contributed by atoms with van der Waals surface area (Å²) in [5.41, 5.74) is 2.76. The van der Waals surface area contributed by atoms with Gasteiger partial charge in [0.25, 0.3) is 5.91 Å². The van der Waals surface area contributed by atoms with Gasteiger partial charge in [0, 0.05) is 16.6 Å². The standard InChI is InChI=1S/C24H27NO4/c1-16(2)6-5-13-29-20-11-9-18(10-12-20)24(28)25-17(3)14-21-19(15-23(26)27)7-4-8-22(21)25/h4,7-12,14,16H,5-6,13,15H2,1-3H3,(H,26,27). The van der Waals surface area contributed by atoms with E-state index in [0.29, 0.717) is 23.7 Å². The van der Waals surface area contributed by atoms with Gasteiger partial charge in [-0.2, -0.15) is 0 Å². The molecule has 0 aliphatic rings. The Hall–Kier alpha value is -3.08. The number of aryl methyl sites for hydroxylation is 1. The lowest BCUT2D eigenvalue weighted by molar-refractivity contribution is -0.136. The van der Waals surface area contributed by atoms with Crippen molar-refractivity contribution in [1.82, 2.24) is 4.57 Å². The summed E-state index contributed by atoms with van der Waals surface area (Å²) >= 11 is 0. The second-order valence-corrected chi connectivity index (χ2v) is 7.76. The molecule has 0 atom stereocenters. The molecule has 0 saturated carbocycles. The molecule has 3 rings (SSSR count). The van der Waals surface area contributed by atoms with Gasteiger partial charge in [-0.3, -0.25) is 14.2 Å². The van der Waals surface area contributed by atoms with Crippen LogP contribution in [0.15, 0.2) is 48.5 Å². The molecule has 0 spiro atoms. The van der Waals surface area contributed by atoms with Crippen molar-refractivity contribution in [3.05, 3.63) is 65.4 Å². The van der Waals surface area contributed by atoms with Gasteiger partial charge in [0.1, 0.15) is 5.75 Å². The average Bonchev–Trinajstić information content (AvgIpc) is 3.01. The quantitative estimate of drug-likeness (QED) is 0.542. The summed E-state index contributed by atoms with van der Waals surface area (Å²) in [6.45, 7) is 6.91. The van der Waals surface area contributed by atoms with Crippen LogP contribution in [0.25, 0.3) is 10.9 Å². The number of nitrogens with zero attached hydrogens (tertiary/aromatic N) is 1. The predicted octanol–water partition coefficient (Wildman–Crippen LogP) is 5.08. The van der Waals surface area contributed by atoms with Gasteiger partial charge in [-0.15, -0.1) is 0 Å². The Labute approximate surface area is 170 Å². The molecule has 0 radical (unpaired) electrons. The summed E-state index contributed by atoms with van der Waals surface area (Å²) in [6.07, 6.45) is 2.06. The highest BCUT2D eigenvalue weighted by Crippen LogP contribution is 2.25. The molecule has 1 aromatic heterocycles. The van der Waals surface area contributed by atoms with Gasteiger partial charge in [-0.1, -0.05) is 26.0 Å². The minimum absolute atomic E-state index is 0.0716. The second kappa shape index (κ2) is 8.95. The van der Waals surface area contributed by atoms with Crippen LogP contribution in [0, 0.1) is 12.8 Å². The van der Waals surface area contributed by atoms with E-state index in [-0.39, 0.29) is 12.3 Å². The molecule has 0 unspecified atom stereocenters. The van der Waals surface area contributed by atoms with Gasteiger partial charge in [-0.25, -0.2) is 0 Å². The van der Waals surface area contributed by atoms with Crippen molar-refractivity contribution in [2.24, 2.45) is 5.92 Å². The van der Waals surface area contributed by atoms with Crippen LogP contribution in [-0.2, 0) is 11.2 Å². The summed E-state index contributed by atoms with van der Waals surface area (Å²) in [4.78, 5) is 24.3. The summed E-state index contributed by atoms with van der Waals surface area (Å²) < 4.78 is 7.39. The second-order valence-electron chi connectivity index (χ2n) is 7.76. The smallest absolute Gasteiger partial charge is 0.307 e. The highest BCUT2D eigenvalue weighted by Gasteiger charge is 2.17. The minimum atomic E-state index is -0.891. The summed E-state index contributed by atoms with van der Waals surface area (Å²) in [7, 11) is 0. The fourth-order valence-electron chi connectivity index (χ4n) is 3.52. The monoisotopic (exact) mass is 393 g/mol. The highest BCUT2D eigenvalue weighted by atomic mass is 16.5. The zero-order chi connectivity index (χ0) is 21.0. The maximum atomic E-state index is 13.1. The van der Waals surface area contributed by atoms with Crippen LogP contribution < -0.4 is 4.74 Å². The molecule has 0 saturated heterocycles. The Morgan fingerprint density at radius 1 is 1.10 bits per heavy atom. The normalized spacial score (nSPS) is 11.2. The number of carbonyl (C=O) groups is 2. The van der Waals surface area contributed by atoms with E-state index in [9.17, 15) is 9.59 Å². The average molecular weight is 393 g/mol. The fraction of sp³-hybridized carbons (Fsp3) is 0.333.